The minimum Gasteiger partial charge on any atom is -0.481 e. The maximum atomic E-state index is 13.1. The van der Waals surface area contributed by atoms with Gasteiger partial charge in [-0.2, -0.15) is 11.8 Å². The highest BCUT2D eigenvalue weighted by molar-refractivity contribution is 7.98. The number of hydrogen-bond acceptors (Lipinski definition) is 8. The Balaban J connectivity index is 2.98. The number of carboxylic acids is 2. The predicted molar refractivity (Wildman–Crippen MR) is 128 cm³/mol. The van der Waals surface area contributed by atoms with Crippen LogP contribution in [0.25, 0.3) is 0 Å². The molecule has 0 radical (unpaired) electrons. The maximum absolute atomic E-state index is 13.1. The smallest absolute Gasteiger partial charge is 0.326 e. The molecule has 4 atom stereocenters. The van der Waals surface area contributed by atoms with Gasteiger partial charge in [0.05, 0.1) is 12.4 Å². The molecular formula is C21H34N6O7S. The van der Waals surface area contributed by atoms with Crippen LogP contribution in [-0.4, -0.2) is 86.0 Å². The van der Waals surface area contributed by atoms with Gasteiger partial charge < -0.3 is 36.9 Å². The molecule has 13 nitrogen and oxygen atoms in total. The van der Waals surface area contributed by atoms with Gasteiger partial charge in [0.2, 0.25) is 17.7 Å². The molecule has 0 aliphatic carbocycles. The van der Waals surface area contributed by atoms with Crippen LogP contribution in [0.3, 0.4) is 0 Å². The molecule has 1 aromatic heterocycles. The molecule has 0 aromatic carbocycles. The fourth-order valence-corrected chi connectivity index (χ4v) is 3.53. The van der Waals surface area contributed by atoms with Gasteiger partial charge in [-0.1, -0.05) is 13.8 Å². The number of aromatic amines is 1. The van der Waals surface area contributed by atoms with Crippen LogP contribution in [0.2, 0.25) is 0 Å². The lowest BCUT2D eigenvalue weighted by Crippen LogP contribution is -2.59. The molecule has 196 valence electrons. The van der Waals surface area contributed by atoms with Crippen molar-refractivity contribution in [2.45, 2.75) is 63.7 Å². The number of aromatic nitrogens is 2. The lowest BCUT2D eigenvalue weighted by Gasteiger charge is -2.27. The van der Waals surface area contributed by atoms with E-state index in [1.165, 1.54) is 24.3 Å². The molecule has 0 saturated heterocycles. The van der Waals surface area contributed by atoms with Gasteiger partial charge in [-0.25, -0.2) is 9.78 Å². The Hall–Kier alpha value is -3.13. The van der Waals surface area contributed by atoms with Gasteiger partial charge in [0.25, 0.3) is 0 Å². The van der Waals surface area contributed by atoms with E-state index in [2.05, 4.69) is 25.9 Å². The maximum Gasteiger partial charge on any atom is 0.326 e. The van der Waals surface area contributed by atoms with Crippen LogP contribution < -0.4 is 21.7 Å². The number of nitrogens with one attached hydrogen (secondary N) is 4. The number of thioether (sulfide) groups is 1. The molecule has 0 spiro atoms. The molecule has 3 amide bonds. The van der Waals surface area contributed by atoms with Crippen LogP contribution >= 0.6 is 11.8 Å². The van der Waals surface area contributed by atoms with Crippen molar-refractivity contribution in [3.8, 4) is 0 Å². The molecule has 1 aromatic rings. The molecule has 0 fully saturated rings. The lowest BCUT2D eigenvalue weighted by molar-refractivity contribution is -0.142. The molecule has 4 unspecified atom stereocenters. The average Bonchev–Trinajstić information content (AvgIpc) is 3.30. The Morgan fingerprint density at radius 3 is 2.20 bits per heavy atom. The number of hydrogen-bond donors (Lipinski definition) is 7. The predicted octanol–water partition coefficient (Wildman–Crippen LogP) is -0.908. The molecule has 0 bridgehead atoms. The van der Waals surface area contributed by atoms with Crippen LogP contribution in [0.1, 0.15) is 38.8 Å². The number of nitrogens with zero attached hydrogens (tertiary/aromatic N) is 1. The molecule has 0 saturated carbocycles. The monoisotopic (exact) mass is 514 g/mol. The van der Waals surface area contributed by atoms with Crippen molar-refractivity contribution in [2.24, 2.45) is 11.7 Å². The number of imidazole rings is 1. The summed E-state index contributed by atoms with van der Waals surface area (Å²) in [5.74, 6) is -4.23. The number of carbonyl (C=O) groups is 5. The summed E-state index contributed by atoms with van der Waals surface area (Å²) in [5, 5.41) is 25.7. The minimum atomic E-state index is -1.18. The SMILES string of the molecule is CSCCC(NC(=O)C(NC(=O)C(Cc1cnc[nH]1)NC(=O)C(N)CCC(=O)O)C(C)C)C(=O)O. The number of H-pyrrole nitrogens is 1. The van der Waals surface area contributed by atoms with E-state index in [0.29, 0.717) is 11.4 Å². The topological polar surface area (TPSA) is 217 Å². The first-order valence-electron chi connectivity index (χ1n) is 11.0. The van der Waals surface area contributed by atoms with Crippen LogP contribution in [0.15, 0.2) is 12.5 Å². The average molecular weight is 515 g/mol. The van der Waals surface area contributed by atoms with Gasteiger partial charge in [-0.15, -0.1) is 0 Å². The van der Waals surface area contributed by atoms with E-state index < -0.39 is 59.7 Å². The largest absolute Gasteiger partial charge is 0.481 e. The minimum absolute atomic E-state index is 0.00112. The molecule has 0 aliphatic heterocycles. The first-order valence-corrected chi connectivity index (χ1v) is 12.4. The highest BCUT2D eigenvalue weighted by Gasteiger charge is 2.32. The quantitative estimate of drug-likeness (QED) is 0.144. The van der Waals surface area contributed by atoms with E-state index in [1.807, 2.05) is 6.26 Å². The summed E-state index contributed by atoms with van der Waals surface area (Å²) >= 11 is 1.44. The number of carboxylic acid groups (broad SMARTS) is 2. The number of amides is 3. The number of aliphatic carboxylic acids is 2. The molecule has 14 heteroatoms. The Labute approximate surface area is 207 Å². The summed E-state index contributed by atoms with van der Waals surface area (Å²) in [6.45, 7) is 3.37. The van der Waals surface area contributed by atoms with Crippen LogP contribution in [0.4, 0.5) is 0 Å². The highest BCUT2D eigenvalue weighted by atomic mass is 32.2. The van der Waals surface area contributed by atoms with Gasteiger partial charge >= 0.3 is 11.9 Å². The number of nitrogens with two attached hydrogens (primary N) is 1. The Kier molecular flexibility index (Phi) is 12.8. The van der Waals surface area contributed by atoms with Gasteiger partial charge in [0.1, 0.15) is 18.1 Å². The van der Waals surface area contributed by atoms with E-state index in [1.54, 1.807) is 13.8 Å². The van der Waals surface area contributed by atoms with E-state index in [4.69, 9.17) is 10.8 Å². The normalized spacial score (nSPS) is 14.4. The molecule has 35 heavy (non-hydrogen) atoms. The zero-order valence-corrected chi connectivity index (χ0v) is 20.8. The molecule has 1 heterocycles. The second kappa shape index (κ2) is 15.0. The van der Waals surface area contributed by atoms with E-state index in [9.17, 15) is 29.1 Å². The van der Waals surface area contributed by atoms with E-state index in [-0.39, 0.29) is 25.7 Å². The third kappa shape index (κ3) is 10.8. The Morgan fingerprint density at radius 2 is 1.69 bits per heavy atom. The second-order valence-corrected chi connectivity index (χ2v) is 9.28. The Bertz CT molecular complexity index is 864. The summed E-state index contributed by atoms with van der Waals surface area (Å²) in [6, 6.07) is -4.49. The fourth-order valence-electron chi connectivity index (χ4n) is 3.06. The summed E-state index contributed by atoms with van der Waals surface area (Å²) < 4.78 is 0. The lowest BCUT2D eigenvalue weighted by atomic mass is 10.0. The zero-order valence-electron chi connectivity index (χ0n) is 19.9. The molecule has 0 aliphatic rings. The van der Waals surface area contributed by atoms with Gasteiger partial charge in [-0.05, 0) is 30.8 Å². The first kappa shape index (κ1) is 29.9. The van der Waals surface area contributed by atoms with Crippen molar-refractivity contribution in [1.82, 2.24) is 25.9 Å². The van der Waals surface area contributed by atoms with Gasteiger partial charge in [0.15, 0.2) is 0 Å². The van der Waals surface area contributed by atoms with Gasteiger partial charge in [-0.3, -0.25) is 19.2 Å². The summed E-state index contributed by atoms with van der Waals surface area (Å²) in [5.41, 5.74) is 6.29. The molecule has 8 N–H and O–H groups in total. The molecule has 1 rings (SSSR count). The van der Waals surface area contributed by atoms with Crippen LogP contribution in [0, 0.1) is 5.92 Å². The summed E-state index contributed by atoms with van der Waals surface area (Å²) in [6.07, 6.45) is 4.46. The third-order valence-corrected chi connectivity index (χ3v) is 5.73. The number of carbonyl (C=O) groups excluding carboxylic acids is 3. The first-order chi connectivity index (χ1) is 16.5. The standard InChI is InChI=1S/C21H34N6O7S/c1-11(2)17(20(32)25-14(21(33)34)6-7-35-3)27-19(31)15(8-12-9-23-10-24-12)26-18(30)13(22)4-5-16(28)29/h9-11,13-15,17H,4-8,22H2,1-3H3,(H,23,24)(H,25,32)(H,26,30)(H,27,31)(H,28,29)(H,33,34). The van der Waals surface area contributed by atoms with Crippen molar-refractivity contribution >= 4 is 41.4 Å². The van der Waals surface area contributed by atoms with E-state index in [0.717, 1.165) is 0 Å². The number of rotatable bonds is 16. The molecular weight excluding hydrogens is 480 g/mol. The third-order valence-electron chi connectivity index (χ3n) is 5.09. The van der Waals surface area contributed by atoms with Crippen LogP contribution in [0.5, 0.6) is 0 Å². The van der Waals surface area contributed by atoms with Crippen molar-refractivity contribution in [2.75, 3.05) is 12.0 Å². The van der Waals surface area contributed by atoms with Crippen molar-refractivity contribution in [3.05, 3.63) is 18.2 Å². The Morgan fingerprint density at radius 1 is 1.03 bits per heavy atom. The summed E-state index contributed by atoms with van der Waals surface area (Å²) in [4.78, 5) is 67.4. The van der Waals surface area contributed by atoms with E-state index >= 15 is 0 Å². The highest BCUT2D eigenvalue weighted by Crippen LogP contribution is 2.08. The van der Waals surface area contributed by atoms with Crippen molar-refractivity contribution in [3.63, 3.8) is 0 Å². The van der Waals surface area contributed by atoms with Crippen molar-refractivity contribution in [1.29, 1.82) is 0 Å². The van der Waals surface area contributed by atoms with Crippen LogP contribution in [-0.2, 0) is 30.4 Å². The van der Waals surface area contributed by atoms with Gasteiger partial charge in [0, 0.05) is 24.7 Å². The zero-order chi connectivity index (χ0) is 26.5. The van der Waals surface area contributed by atoms with Crippen molar-refractivity contribution < 1.29 is 34.2 Å². The fraction of sp³-hybridized carbons (Fsp3) is 0.619. The summed E-state index contributed by atoms with van der Waals surface area (Å²) in [7, 11) is 0. The second-order valence-electron chi connectivity index (χ2n) is 8.29.